The van der Waals surface area contributed by atoms with E-state index < -0.39 is 10.2 Å². The van der Waals surface area contributed by atoms with Gasteiger partial charge in [-0.25, -0.2) is 0 Å². The van der Waals surface area contributed by atoms with Crippen LogP contribution >= 0.6 is 0 Å². The Morgan fingerprint density at radius 2 is 1.83 bits per heavy atom. The Labute approximate surface area is 179 Å². The average Bonchev–Trinajstić information content (AvgIpc) is 2.77. The Bertz CT molecular complexity index is 837. The highest BCUT2D eigenvalue weighted by atomic mass is 32.2. The van der Waals surface area contributed by atoms with E-state index in [1.807, 2.05) is 12.1 Å². The molecule has 168 valence electrons. The number of amides is 1. The fraction of sp³-hybridized carbons (Fsp3) is 0.667. The minimum absolute atomic E-state index is 0.132. The number of rotatable bonds is 7. The Hall–Kier alpha value is -1.84. The molecule has 0 bridgehead atoms. The van der Waals surface area contributed by atoms with Crippen LogP contribution in [-0.4, -0.2) is 63.3 Å². The lowest BCUT2D eigenvalue weighted by molar-refractivity contribution is -0.126. The SMILES string of the molecule is COc1cccc(CNC(=O)C2CCCN(S(=O)(=O)N3CCC(C)CC3)C2)c1OC. The molecule has 30 heavy (non-hydrogen) atoms. The smallest absolute Gasteiger partial charge is 0.281 e. The highest BCUT2D eigenvalue weighted by Gasteiger charge is 2.37. The highest BCUT2D eigenvalue weighted by molar-refractivity contribution is 7.86. The van der Waals surface area contributed by atoms with E-state index in [4.69, 9.17) is 9.47 Å². The van der Waals surface area contributed by atoms with E-state index in [-0.39, 0.29) is 18.4 Å². The summed E-state index contributed by atoms with van der Waals surface area (Å²) >= 11 is 0. The monoisotopic (exact) mass is 439 g/mol. The van der Waals surface area contributed by atoms with Crippen molar-refractivity contribution in [2.24, 2.45) is 11.8 Å². The third-order valence-corrected chi connectivity index (χ3v) is 8.09. The zero-order chi connectivity index (χ0) is 21.7. The Balaban J connectivity index is 1.61. The minimum atomic E-state index is -3.51. The number of methoxy groups -OCH3 is 2. The van der Waals surface area contributed by atoms with Crippen LogP contribution in [0.25, 0.3) is 0 Å². The summed E-state index contributed by atoms with van der Waals surface area (Å²) in [4.78, 5) is 12.8. The van der Waals surface area contributed by atoms with Gasteiger partial charge in [0.25, 0.3) is 10.2 Å². The van der Waals surface area contributed by atoms with Gasteiger partial charge in [0.05, 0.1) is 20.1 Å². The molecule has 1 aromatic rings. The average molecular weight is 440 g/mol. The Morgan fingerprint density at radius 3 is 2.50 bits per heavy atom. The number of piperidine rings is 2. The number of carbonyl (C=O) groups is 1. The molecule has 1 unspecified atom stereocenters. The lowest BCUT2D eigenvalue weighted by atomic mass is 9.98. The van der Waals surface area contributed by atoms with Crippen LogP contribution in [0.2, 0.25) is 0 Å². The van der Waals surface area contributed by atoms with E-state index in [9.17, 15) is 13.2 Å². The summed E-state index contributed by atoms with van der Waals surface area (Å²) in [6, 6.07) is 5.52. The summed E-state index contributed by atoms with van der Waals surface area (Å²) < 4.78 is 39.9. The summed E-state index contributed by atoms with van der Waals surface area (Å²) in [5.41, 5.74) is 0.813. The molecule has 9 heteroatoms. The fourth-order valence-electron chi connectivity index (χ4n) is 4.16. The van der Waals surface area contributed by atoms with Gasteiger partial charge in [0.15, 0.2) is 11.5 Å². The first-order chi connectivity index (χ1) is 14.4. The second-order valence-electron chi connectivity index (χ2n) is 8.16. The molecule has 3 rings (SSSR count). The van der Waals surface area contributed by atoms with Crippen molar-refractivity contribution in [3.05, 3.63) is 23.8 Å². The van der Waals surface area contributed by atoms with Crippen molar-refractivity contribution < 1.29 is 22.7 Å². The molecule has 0 aromatic heterocycles. The maximum Gasteiger partial charge on any atom is 0.281 e. The predicted molar refractivity (Wildman–Crippen MR) is 115 cm³/mol. The maximum atomic E-state index is 13.0. The van der Waals surface area contributed by atoms with Crippen LogP contribution in [0.3, 0.4) is 0 Å². The highest BCUT2D eigenvalue weighted by Crippen LogP contribution is 2.31. The van der Waals surface area contributed by atoms with Crippen molar-refractivity contribution in [3.63, 3.8) is 0 Å². The van der Waals surface area contributed by atoms with Crippen LogP contribution in [0.1, 0.15) is 38.2 Å². The van der Waals surface area contributed by atoms with Gasteiger partial charge < -0.3 is 14.8 Å². The van der Waals surface area contributed by atoms with E-state index in [0.29, 0.717) is 56.4 Å². The number of nitrogens with zero attached hydrogens (tertiary/aromatic N) is 2. The first-order valence-electron chi connectivity index (χ1n) is 10.6. The quantitative estimate of drug-likeness (QED) is 0.702. The van der Waals surface area contributed by atoms with E-state index in [2.05, 4.69) is 12.2 Å². The predicted octanol–water partition coefficient (Wildman–Crippen LogP) is 2.01. The first-order valence-corrected chi connectivity index (χ1v) is 12.0. The van der Waals surface area contributed by atoms with Crippen LogP contribution in [0.15, 0.2) is 18.2 Å². The molecule has 0 spiro atoms. The molecule has 1 amide bonds. The van der Waals surface area contributed by atoms with Crippen LogP contribution in [0.4, 0.5) is 0 Å². The van der Waals surface area contributed by atoms with Crippen molar-refractivity contribution in [3.8, 4) is 11.5 Å². The summed E-state index contributed by atoms with van der Waals surface area (Å²) in [5, 5.41) is 2.94. The second kappa shape index (κ2) is 9.98. The number of ether oxygens (including phenoxy) is 2. The van der Waals surface area contributed by atoms with Gasteiger partial charge in [-0.05, 0) is 37.7 Å². The number of para-hydroxylation sites is 1. The molecule has 2 aliphatic rings. The number of hydrogen-bond acceptors (Lipinski definition) is 5. The van der Waals surface area contributed by atoms with Crippen molar-refractivity contribution in [2.45, 2.75) is 39.2 Å². The molecule has 1 atom stereocenters. The summed E-state index contributed by atoms with van der Waals surface area (Å²) in [6.07, 6.45) is 3.15. The molecular weight excluding hydrogens is 406 g/mol. The zero-order valence-electron chi connectivity index (χ0n) is 18.1. The van der Waals surface area contributed by atoms with E-state index in [1.54, 1.807) is 24.6 Å². The van der Waals surface area contributed by atoms with E-state index in [0.717, 1.165) is 18.4 Å². The van der Waals surface area contributed by atoms with Crippen LogP contribution in [0.5, 0.6) is 11.5 Å². The standard InChI is InChI=1S/C21H33N3O5S/c1-16-9-12-23(13-10-16)30(26,27)24-11-5-7-18(15-24)21(25)22-14-17-6-4-8-19(28-2)20(17)29-3/h4,6,8,16,18H,5,7,9-15H2,1-3H3,(H,22,25). The third-order valence-electron chi connectivity index (χ3n) is 6.09. The van der Waals surface area contributed by atoms with Crippen LogP contribution in [0, 0.1) is 11.8 Å². The lowest BCUT2D eigenvalue weighted by Crippen LogP contribution is -2.52. The normalized spacial score (nSPS) is 21.9. The van der Waals surface area contributed by atoms with E-state index >= 15 is 0 Å². The largest absolute Gasteiger partial charge is 0.493 e. The van der Waals surface area contributed by atoms with Crippen LogP contribution in [-0.2, 0) is 21.5 Å². The van der Waals surface area contributed by atoms with Gasteiger partial charge in [-0.2, -0.15) is 17.0 Å². The number of hydrogen-bond donors (Lipinski definition) is 1. The van der Waals surface area contributed by atoms with Crippen LogP contribution < -0.4 is 14.8 Å². The second-order valence-corrected chi connectivity index (χ2v) is 10.1. The van der Waals surface area contributed by atoms with Gasteiger partial charge in [0, 0.05) is 38.3 Å². The van der Waals surface area contributed by atoms with Gasteiger partial charge in [-0.1, -0.05) is 19.1 Å². The molecular formula is C21H33N3O5S. The molecule has 0 aliphatic carbocycles. The molecule has 2 aliphatic heterocycles. The molecule has 0 saturated carbocycles. The molecule has 0 radical (unpaired) electrons. The molecule has 8 nitrogen and oxygen atoms in total. The van der Waals surface area contributed by atoms with Gasteiger partial charge >= 0.3 is 0 Å². The Kier molecular flexibility index (Phi) is 7.60. The zero-order valence-corrected chi connectivity index (χ0v) is 18.9. The van der Waals surface area contributed by atoms with Crippen molar-refractivity contribution in [2.75, 3.05) is 40.4 Å². The van der Waals surface area contributed by atoms with Gasteiger partial charge in [0.2, 0.25) is 5.91 Å². The van der Waals surface area contributed by atoms with Gasteiger partial charge in [-0.15, -0.1) is 0 Å². The summed E-state index contributed by atoms with van der Waals surface area (Å²) in [7, 11) is -0.378. The van der Waals surface area contributed by atoms with Crippen molar-refractivity contribution in [1.82, 2.24) is 13.9 Å². The molecule has 2 fully saturated rings. The van der Waals surface area contributed by atoms with Crippen molar-refractivity contribution in [1.29, 1.82) is 0 Å². The molecule has 2 saturated heterocycles. The minimum Gasteiger partial charge on any atom is -0.493 e. The third kappa shape index (κ3) is 5.07. The number of carbonyl (C=O) groups excluding carboxylic acids is 1. The lowest BCUT2D eigenvalue weighted by Gasteiger charge is -2.37. The fourth-order valence-corrected chi connectivity index (χ4v) is 5.89. The van der Waals surface area contributed by atoms with E-state index in [1.165, 1.54) is 4.31 Å². The summed E-state index contributed by atoms with van der Waals surface area (Å²) in [5.74, 6) is 1.27. The topological polar surface area (TPSA) is 88.2 Å². The number of nitrogens with one attached hydrogen (secondary N) is 1. The van der Waals surface area contributed by atoms with Crippen molar-refractivity contribution >= 4 is 16.1 Å². The van der Waals surface area contributed by atoms with Gasteiger partial charge in [-0.3, -0.25) is 4.79 Å². The molecule has 1 aromatic carbocycles. The molecule has 2 heterocycles. The summed E-state index contributed by atoms with van der Waals surface area (Å²) in [6.45, 7) is 4.28. The first kappa shape index (κ1) is 22.8. The molecule has 1 N–H and O–H groups in total. The Morgan fingerprint density at radius 1 is 1.10 bits per heavy atom. The maximum absolute atomic E-state index is 13.0. The van der Waals surface area contributed by atoms with Gasteiger partial charge in [0.1, 0.15) is 0 Å². The number of benzene rings is 1.